The van der Waals surface area contributed by atoms with Crippen LogP contribution in [0.5, 0.6) is 0 Å². The molecule has 0 aliphatic rings. The molecule has 4 nitrogen and oxygen atoms in total. The standard InChI is InChI=1S/C10H14O4S2/c1-16(13,14)8-4-2-3-7(5-8)10(12)9(11)6-15/h2-5,9-12,15H,6H2,1H3. The van der Waals surface area contributed by atoms with Crippen LogP contribution < -0.4 is 0 Å². The highest BCUT2D eigenvalue weighted by Gasteiger charge is 2.18. The number of thiol groups is 1. The topological polar surface area (TPSA) is 74.6 Å². The minimum atomic E-state index is -3.30. The second kappa shape index (κ2) is 5.18. The van der Waals surface area contributed by atoms with Crippen LogP contribution in [0.25, 0.3) is 0 Å². The summed E-state index contributed by atoms with van der Waals surface area (Å²) in [7, 11) is -3.30. The maximum atomic E-state index is 11.3. The molecule has 1 aromatic rings. The third-order valence-electron chi connectivity index (χ3n) is 2.18. The van der Waals surface area contributed by atoms with Gasteiger partial charge >= 0.3 is 0 Å². The normalized spacial score (nSPS) is 15.8. The molecule has 6 heteroatoms. The van der Waals surface area contributed by atoms with Crippen molar-refractivity contribution in [1.29, 1.82) is 0 Å². The monoisotopic (exact) mass is 262 g/mol. The van der Waals surface area contributed by atoms with Gasteiger partial charge in [0.1, 0.15) is 6.10 Å². The van der Waals surface area contributed by atoms with Gasteiger partial charge in [-0.05, 0) is 17.7 Å². The molecule has 2 unspecified atom stereocenters. The largest absolute Gasteiger partial charge is 0.389 e. The third kappa shape index (κ3) is 3.21. The van der Waals surface area contributed by atoms with E-state index >= 15 is 0 Å². The smallest absolute Gasteiger partial charge is 0.175 e. The fraction of sp³-hybridized carbons (Fsp3) is 0.400. The SMILES string of the molecule is CS(=O)(=O)c1cccc(C(O)C(O)CS)c1. The first-order valence-electron chi connectivity index (χ1n) is 4.63. The summed E-state index contributed by atoms with van der Waals surface area (Å²) in [6, 6.07) is 5.89. The van der Waals surface area contributed by atoms with E-state index in [4.69, 9.17) is 0 Å². The molecule has 16 heavy (non-hydrogen) atoms. The Labute approximate surface area is 100 Å². The van der Waals surface area contributed by atoms with Crippen LogP contribution in [0, 0.1) is 0 Å². The minimum absolute atomic E-state index is 0.101. The lowest BCUT2D eigenvalue weighted by molar-refractivity contribution is 0.0336. The van der Waals surface area contributed by atoms with Crippen molar-refractivity contribution < 1.29 is 18.6 Å². The summed E-state index contributed by atoms with van der Waals surface area (Å²) in [4.78, 5) is 0.121. The Morgan fingerprint density at radius 2 is 2.00 bits per heavy atom. The first-order chi connectivity index (χ1) is 7.36. The van der Waals surface area contributed by atoms with Crippen LogP contribution in [-0.2, 0) is 9.84 Å². The Balaban J connectivity index is 3.08. The maximum Gasteiger partial charge on any atom is 0.175 e. The van der Waals surface area contributed by atoms with E-state index in [-0.39, 0.29) is 10.6 Å². The zero-order chi connectivity index (χ0) is 12.3. The lowest BCUT2D eigenvalue weighted by Gasteiger charge is -2.16. The van der Waals surface area contributed by atoms with Gasteiger partial charge in [0.05, 0.1) is 11.0 Å². The van der Waals surface area contributed by atoms with Crippen molar-refractivity contribution in [3.8, 4) is 0 Å². The summed E-state index contributed by atoms with van der Waals surface area (Å²) >= 11 is 3.86. The number of aliphatic hydroxyl groups is 2. The Hall–Kier alpha value is -0.560. The quantitative estimate of drug-likeness (QED) is 0.687. The van der Waals surface area contributed by atoms with Crippen LogP contribution in [0.4, 0.5) is 0 Å². The summed E-state index contributed by atoms with van der Waals surface area (Å²) in [5.41, 5.74) is 0.365. The van der Waals surface area contributed by atoms with Gasteiger partial charge in [-0.25, -0.2) is 8.42 Å². The minimum Gasteiger partial charge on any atom is -0.389 e. The number of hydrogen-bond donors (Lipinski definition) is 3. The second-order valence-electron chi connectivity index (χ2n) is 3.54. The summed E-state index contributed by atoms with van der Waals surface area (Å²) in [5.74, 6) is 0.101. The zero-order valence-electron chi connectivity index (χ0n) is 8.74. The highest BCUT2D eigenvalue weighted by atomic mass is 32.2. The molecule has 90 valence electrons. The van der Waals surface area contributed by atoms with Gasteiger partial charge in [-0.1, -0.05) is 12.1 Å². The van der Waals surface area contributed by atoms with E-state index in [2.05, 4.69) is 12.6 Å². The van der Waals surface area contributed by atoms with Gasteiger partial charge in [0.25, 0.3) is 0 Å². The lowest BCUT2D eigenvalue weighted by Crippen LogP contribution is -2.19. The summed E-state index contributed by atoms with van der Waals surface area (Å²) in [6.45, 7) is 0. The fourth-order valence-corrected chi connectivity index (χ4v) is 2.13. The predicted octanol–water partition coefficient (Wildman–Crippen LogP) is 0.414. The fourth-order valence-electron chi connectivity index (χ4n) is 1.25. The first-order valence-corrected chi connectivity index (χ1v) is 7.15. The van der Waals surface area contributed by atoms with Crippen molar-refractivity contribution in [2.24, 2.45) is 0 Å². The van der Waals surface area contributed by atoms with Crippen LogP contribution >= 0.6 is 12.6 Å². The second-order valence-corrected chi connectivity index (χ2v) is 5.92. The molecule has 0 saturated carbocycles. The van der Waals surface area contributed by atoms with E-state index in [1.54, 1.807) is 6.07 Å². The van der Waals surface area contributed by atoms with Gasteiger partial charge in [0.2, 0.25) is 0 Å². The maximum absolute atomic E-state index is 11.3. The molecular weight excluding hydrogens is 248 g/mol. The average Bonchev–Trinajstić information content (AvgIpc) is 2.26. The van der Waals surface area contributed by atoms with E-state index < -0.39 is 22.0 Å². The molecule has 0 aromatic heterocycles. The number of hydrogen-bond acceptors (Lipinski definition) is 5. The van der Waals surface area contributed by atoms with Gasteiger partial charge in [0.15, 0.2) is 9.84 Å². The first kappa shape index (κ1) is 13.5. The molecule has 1 aromatic carbocycles. The van der Waals surface area contributed by atoms with Crippen molar-refractivity contribution in [1.82, 2.24) is 0 Å². The lowest BCUT2D eigenvalue weighted by atomic mass is 10.1. The van der Waals surface area contributed by atoms with E-state index in [1.165, 1.54) is 18.2 Å². The van der Waals surface area contributed by atoms with Gasteiger partial charge in [-0.3, -0.25) is 0 Å². The third-order valence-corrected chi connectivity index (χ3v) is 3.66. The van der Waals surface area contributed by atoms with Crippen molar-refractivity contribution >= 4 is 22.5 Å². The summed E-state index contributed by atoms with van der Waals surface area (Å²) < 4.78 is 22.6. The number of benzene rings is 1. The molecule has 2 atom stereocenters. The van der Waals surface area contributed by atoms with E-state index in [0.29, 0.717) is 5.56 Å². The number of aliphatic hydroxyl groups excluding tert-OH is 2. The molecule has 0 fully saturated rings. The van der Waals surface area contributed by atoms with Crippen LogP contribution in [0.15, 0.2) is 29.2 Å². The zero-order valence-corrected chi connectivity index (χ0v) is 10.4. The Morgan fingerprint density at radius 3 is 2.50 bits per heavy atom. The molecule has 0 aliphatic carbocycles. The Bertz CT molecular complexity index is 456. The van der Waals surface area contributed by atoms with Crippen molar-refractivity contribution in [3.05, 3.63) is 29.8 Å². The molecule has 1 rings (SSSR count). The molecule has 0 radical (unpaired) electrons. The van der Waals surface area contributed by atoms with Crippen LogP contribution in [-0.4, -0.2) is 36.7 Å². The summed E-state index contributed by atoms with van der Waals surface area (Å²) in [6.07, 6.45) is -1.05. The molecule has 0 amide bonds. The molecular formula is C10H14O4S2. The van der Waals surface area contributed by atoms with Crippen LogP contribution in [0.1, 0.15) is 11.7 Å². The molecule has 2 N–H and O–H groups in total. The molecule has 0 heterocycles. The molecule has 0 bridgehead atoms. The van der Waals surface area contributed by atoms with Gasteiger partial charge in [-0.15, -0.1) is 0 Å². The van der Waals surface area contributed by atoms with E-state index in [0.717, 1.165) is 6.26 Å². The van der Waals surface area contributed by atoms with Crippen molar-refractivity contribution in [3.63, 3.8) is 0 Å². The van der Waals surface area contributed by atoms with Gasteiger partial charge in [-0.2, -0.15) is 12.6 Å². The number of rotatable bonds is 4. The van der Waals surface area contributed by atoms with Crippen LogP contribution in [0.2, 0.25) is 0 Å². The summed E-state index contributed by atoms with van der Waals surface area (Å²) in [5, 5.41) is 19.1. The van der Waals surface area contributed by atoms with Crippen LogP contribution in [0.3, 0.4) is 0 Å². The highest BCUT2D eigenvalue weighted by Crippen LogP contribution is 2.20. The Kier molecular flexibility index (Phi) is 4.37. The molecule has 0 saturated heterocycles. The molecule has 0 spiro atoms. The average molecular weight is 262 g/mol. The van der Waals surface area contributed by atoms with Crippen molar-refractivity contribution in [2.75, 3.05) is 12.0 Å². The highest BCUT2D eigenvalue weighted by molar-refractivity contribution is 7.90. The predicted molar refractivity (Wildman–Crippen MR) is 64.4 cm³/mol. The van der Waals surface area contributed by atoms with Gasteiger partial charge in [0, 0.05) is 12.0 Å². The molecule has 0 aliphatic heterocycles. The van der Waals surface area contributed by atoms with E-state index in [1.807, 2.05) is 0 Å². The van der Waals surface area contributed by atoms with Gasteiger partial charge < -0.3 is 10.2 Å². The van der Waals surface area contributed by atoms with Crippen molar-refractivity contribution in [2.45, 2.75) is 17.1 Å². The van der Waals surface area contributed by atoms with E-state index in [9.17, 15) is 18.6 Å². The number of sulfone groups is 1. The Morgan fingerprint density at radius 1 is 1.38 bits per heavy atom.